The number of ether oxygens (including phenoxy) is 1. The summed E-state index contributed by atoms with van der Waals surface area (Å²) in [7, 11) is 0. The zero-order chi connectivity index (χ0) is 13.7. The van der Waals surface area contributed by atoms with E-state index in [1.165, 1.54) is 0 Å². The van der Waals surface area contributed by atoms with E-state index in [0.29, 0.717) is 11.3 Å². The molecule has 0 unspecified atom stereocenters. The number of hydrogen-bond donors (Lipinski definition) is 2. The molecule has 2 atom stereocenters. The molecule has 2 aromatic carbocycles. The molecule has 0 radical (unpaired) electrons. The number of aliphatic carboxylic acids is 1. The molecule has 98 valence electrons. The zero-order valence-electron chi connectivity index (χ0n) is 10.1. The van der Waals surface area contributed by atoms with Gasteiger partial charge < -0.3 is 14.9 Å². The predicted octanol–water partition coefficient (Wildman–Crippen LogP) is 2.25. The van der Waals surface area contributed by atoms with E-state index >= 15 is 0 Å². The van der Waals surface area contributed by atoms with E-state index in [1.807, 2.05) is 0 Å². The van der Waals surface area contributed by atoms with Gasteiger partial charge in [0.15, 0.2) is 0 Å². The average molecular weight is 258 g/mol. The Morgan fingerprint density at radius 1 is 0.947 bits per heavy atom. The Hall–Kier alpha value is -2.33. The van der Waals surface area contributed by atoms with Gasteiger partial charge in [0.25, 0.3) is 0 Å². The minimum atomic E-state index is -1.34. The molecule has 0 saturated carbocycles. The summed E-state index contributed by atoms with van der Waals surface area (Å²) in [6.45, 7) is 0. The van der Waals surface area contributed by atoms with Crippen LogP contribution in [0.15, 0.2) is 60.7 Å². The average Bonchev–Trinajstić information content (AvgIpc) is 2.46. The van der Waals surface area contributed by atoms with Crippen molar-refractivity contribution in [3.63, 3.8) is 0 Å². The van der Waals surface area contributed by atoms with Gasteiger partial charge in [-0.15, -0.1) is 0 Å². The third kappa shape index (κ3) is 3.33. The lowest BCUT2D eigenvalue weighted by Gasteiger charge is -2.20. The summed E-state index contributed by atoms with van der Waals surface area (Å²) in [5, 5.41) is 19.3. The van der Waals surface area contributed by atoms with Crippen LogP contribution in [-0.4, -0.2) is 22.3 Å². The van der Waals surface area contributed by atoms with E-state index in [-0.39, 0.29) is 0 Å². The summed E-state index contributed by atoms with van der Waals surface area (Å²) in [4.78, 5) is 11.2. The fourth-order valence-corrected chi connectivity index (χ4v) is 1.72. The molecule has 4 heteroatoms. The lowest BCUT2D eigenvalue weighted by molar-refractivity contribution is -0.150. The molecule has 0 aliphatic heterocycles. The number of carboxylic acids is 1. The first kappa shape index (κ1) is 13.1. The van der Waals surface area contributed by atoms with Gasteiger partial charge >= 0.3 is 5.97 Å². The molecular formula is C15H14O4. The van der Waals surface area contributed by atoms with Crippen molar-refractivity contribution in [2.75, 3.05) is 0 Å². The van der Waals surface area contributed by atoms with Crippen LogP contribution in [0.2, 0.25) is 0 Å². The Labute approximate surface area is 110 Å². The van der Waals surface area contributed by atoms with Crippen molar-refractivity contribution in [1.82, 2.24) is 0 Å². The van der Waals surface area contributed by atoms with Gasteiger partial charge in [-0.3, -0.25) is 0 Å². The molecule has 0 saturated heterocycles. The van der Waals surface area contributed by atoms with Crippen molar-refractivity contribution in [2.45, 2.75) is 12.2 Å². The zero-order valence-corrected chi connectivity index (χ0v) is 10.1. The number of rotatable bonds is 5. The van der Waals surface area contributed by atoms with Crippen molar-refractivity contribution in [3.05, 3.63) is 66.2 Å². The van der Waals surface area contributed by atoms with Gasteiger partial charge in [-0.1, -0.05) is 48.5 Å². The second-order valence-electron chi connectivity index (χ2n) is 4.05. The highest BCUT2D eigenvalue weighted by Gasteiger charge is 2.29. The molecule has 2 N–H and O–H groups in total. The molecule has 0 heterocycles. The quantitative estimate of drug-likeness (QED) is 0.863. The first-order valence-electron chi connectivity index (χ1n) is 5.86. The number of para-hydroxylation sites is 1. The number of hydrogen-bond acceptors (Lipinski definition) is 3. The monoisotopic (exact) mass is 258 g/mol. The third-order valence-electron chi connectivity index (χ3n) is 2.68. The maximum atomic E-state index is 11.2. The van der Waals surface area contributed by atoms with E-state index < -0.39 is 18.2 Å². The molecule has 19 heavy (non-hydrogen) atoms. The van der Waals surface area contributed by atoms with Crippen molar-refractivity contribution in [3.8, 4) is 5.75 Å². The van der Waals surface area contributed by atoms with E-state index in [9.17, 15) is 15.0 Å². The van der Waals surface area contributed by atoms with Gasteiger partial charge in [0.2, 0.25) is 6.10 Å². The van der Waals surface area contributed by atoms with Crippen LogP contribution in [0, 0.1) is 0 Å². The molecule has 0 aliphatic rings. The predicted molar refractivity (Wildman–Crippen MR) is 69.9 cm³/mol. The second kappa shape index (κ2) is 6.02. The fraction of sp³-hybridized carbons (Fsp3) is 0.133. The summed E-state index contributed by atoms with van der Waals surface area (Å²) in [5.41, 5.74) is 0.505. The van der Waals surface area contributed by atoms with Crippen LogP contribution in [0.3, 0.4) is 0 Å². The number of aliphatic hydroxyl groups excluding tert-OH is 1. The molecule has 0 fully saturated rings. The summed E-state index contributed by atoms with van der Waals surface area (Å²) >= 11 is 0. The van der Waals surface area contributed by atoms with Gasteiger partial charge in [0, 0.05) is 0 Å². The van der Waals surface area contributed by atoms with Crippen molar-refractivity contribution in [1.29, 1.82) is 0 Å². The van der Waals surface area contributed by atoms with Crippen molar-refractivity contribution >= 4 is 5.97 Å². The van der Waals surface area contributed by atoms with Crippen LogP contribution in [0.5, 0.6) is 5.75 Å². The molecule has 2 rings (SSSR count). The van der Waals surface area contributed by atoms with Gasteiger partial charge in [-0.05, 0) is 17.7 Å². The minimum absolute atomic E-state index is 0.407. The summed E-state index contributed by atoms with van der Waals surface area (Å²) in [6.07, 6.45) is -2.57. The Kier molecular flexibility index (Phi) is 4.15. The van der Waals surface area contributed by atoms with Crippen LogP contribution in [0.4, 0.5) is 0 Å². The highest BCUT2D eigenvalue weighted by Crippen LogP contribution is 2.22. The number of carboxylic acid groups (broad SMARTS) is 1. The Balaban J connectivity index is 2.19. The van der Waals surface area contributed by atoms with Crippen molar-refractivity contribution < 1.29 is 19.7 Å². The Morgan fingerprint density at radius 2 is 1.47 bits per heavy atom. The molecule has 0 aliphatic carbocycles. The van der Waals surface area contributed by atoms with Crippen LogP contribution >= 0.6 is 0 Å². The first-order valence-corrected chi connectivity index (χ1v) is 5.86. The van der Waals surface area contributed by atoms with E-state index in [2.05, 4.69) is 0 Å². The Bertz CT molecular complexity index is 524. The van der Waals surface area contributed by atoms with Crippen LogP contribution in [-0.2, 0) is 4.79 Å². The maximum Gasteiger partial charge on any atom is 0.348 e. The molecule has 4 nitrogen and oxygen atoms in total. The molecular weight excluding hydrogens is 244 g/mol. The number of aliphatic hydroxyl groups is 1. The molecule has 2 aromatic rings. The highest BCUT2D eigenvalue weighted by atomic mass is 16.5. The SMILES string of the molecule is O=C(O)[C@@H](Oc1ccccc1)[C@H](O)c1ccccc1. The Morgan fingerprint density at radius 3 is 2.00 bits per heavy atom. The van der Waals surface area contributed by atoms with Crippen LogP contribution < -0.4 is 4.74 Å². The highest BCUT2D eigenvalue weighted by molar-refractivity contribution is 5.74. The van der Waals surface area contributed by atoms with Gasteiger partial charge in [-0.2, -0.15) is 0 Å². The number of benzene rings is 2. The molecule has 0 aromatic heterocycles. The number of carbonyl (C=O) groups is 1. The minimum Gasteiger partial charge on any atom is -0.478 e. The lowest BCUT2D eigenvalue weighted by atomic mass is 10.0. The van der Waals surface area contributed by atoms with E-state index in [1.54, 1.807) is 60.7 Å². The second-order valence-corrected chi connectivity index (χ2v) is 4.05. The third-order valence-corrected chi connectivity index (χ3v) is 2.68. The lowest BCUT2D eigenvalue weighted by Crippen LogP contribution is -2.33. The summed E-state index contributed by atoms with van der Waals surface area (Å²) in [5.74, 6) is -0.801. The normalized spacial score (nSPS) is 13.5. The van der Waals surface area contributed by atoms with Crippen molar-refractivity contribution in [2.24, 2.45) is 0 Å². The molecule has 0 amide bonds. The maximum absolute atomic E-state index is 11.2. The molecule has 0 spiro atoms. The fourth-order valence-electron chi connectivity index (χ4n) is 1.72. The van der Waals surface area contributed by atoms with Gasteiger partial charge in [0.1, 0.15) is 11.9 Å². The van der Waals surface area contributed by atoms with Gasteiger partial charge in [-0.25, -0.2) is 4.79 Å². The van der Waals surface area contributed by atoms with Crippen LogP contribution in [0.25, 0.3) is 0 Å². The molecule has 0 bridgehead atoms. The summed E-state index contributed by atoms with van der Waals surface area (Å²) in [6, 6.07) is 17.2. The topological polar surface area (TPSA) is 66.8 Å². The van der Waals surface area contributed by atoms with E-state index in [4.69, 9.17) is 4.74 Å². The van der Waals surface area contributed by atoms with Gasteiger partial charge in [0.05, 0.1) is 0 Å². The van der Waals surface area contributed by atoms with E-state index in [0.717, 1.165) is 0 Å². The largest absolute Gasteiger partial charge is 0.478 e. The standard InChI is InChI=1S/C15H14O4/c16-13(11-7-3-1-4-8-11)14(15(17)18)19-12-9-5-2-6-10-12/h1-10,13-14,16H,(H,17,18)/t13-,14+/m1/s1. The summed E-state index contributed by atoms with van der Waals surface area (Å²) < 4.78 is 5.34. The van der Waals surface area contributed by atoms with Crippen LogP contribution in [0.1, 0.15) is 11.7 Å². The smallest absolute Gasteiger partial charge is 0.348 e. The first-order chi connectivity index (χ1) is 9.18.